The highest BCUT2D eigenvalue weighted by molar-refractivity contribution is 6.02. The Bertz CT molecular complexity index is 560. The highest BCUT2D eigenvalue weighted by atomic mass is 19.1. The molecule has 3 nitrogen and oxygen atoms in total. The van der Waals surface area contributed by atoms with Crippen LogP contribution in [0.15, 0.2) is 34.7 Å². The van der Waals surface area contributed by atoms with E-state index in [-0.39, 0.29) is 11.4 Å². The van der Waals surface area contributed by atoms with Crippen LogP contribution in [-0.4, -0.2) is 5.91 Å². The topological polar surface area (TPSA) is 42.2 Å². The number of nitrogens with one attached hydrogen (secondary N) is 1. The lowest BCUT2D eigenvalue weighted by molar-refractivity contribution is 0.0995. The lowest BCUT2D eigenvalue weighted by atomic mass is 10.2. The van der Waals surface area contributed by atoms with Crippen LogP contribution in [0.4, 0.5) is 10.1 Å². The van der Waals surface area contributed by atoms with Crippen LogP contribution in [-0.2, 0) is 0 Å². The molecule has 2 rings (SSSR count). The van der Waals surface area contributed by atoms with Crippen LogP contribution in [0.25, 0.3) is 0 Å². The van der Waals surface area contributed by atoms with Gasteiger partial charge in [0, 0.05) is 0 Å². The van der Waals surface area contributed by atoms with Gasteiger partial charge in [-0.25, -0.2) is 4.39 Å². The molecule has 0 atom stereocenters. The molecule has 0 unspecified atom stereocenters. The molecule has 0 spiro atoms. The fraction of sp³-hybridized carbons (Fsp3) is 0.154. The lowest BCUT2D eigenvalue weighted by Crippen LogP contribution is -2.12. The minimum atomic E-state index is -0.458. The molecule has 0 saturated heterocycles. The molecule has 0 aliphatic carbocycles. The van der Waals surface area contributed by atoms with Gasteiger partial charge < -0.3 is 9.73 Å². The van der Waals surface area contributed by atoms with Gasteiger partial charge in [0.15, 0.2) is 5.76 Å². The van der Waals surface area contributed by atoms with Gasteiger partial charge in [0.2, 0.25) is 0 Å². The van der Waals surface area contributed by atoms with E-state index in [4.69, 9.17) is 4.42 Å². The van der Waals surface area contributed by atoms with Crippen LogP contribution in [0, 0.1) is 19.7 Å². The van der Waals surface area contributed by atoms with Crippen molar-refractivity contribution in [1.82, 2.24) is 0 Å². The van der Waals surface area contributed by atoms with Crippen molar-refractivity contribution < 1.29 is 13.6 Å². The van der Waals surface area contributed by atoms with Gasteiger partial charge in [-0.15, -0.1) is 0 Å². The average Bonchev–Trinajstić information content (AvgIpc) is 2.69. The maximum Gasteiger partial charge on any atom is 0.291 e. The van der Waals surface area contributed by atoms with Crippen LogP contribution in [0.1, 0.15) is 21.9 Å². The van der Waals surface area contributed by atoms with Crippen LogP contribution in [0.5, 0.6) is 0 Å². The number of anilines is 1. The van der Waals surface area contributed by atoms with E-state index >= 15 is 0 Å². The molecule has 88 valence electrons. The number of carbonyl (C=O) groups is 1. The summed E-state index contributed by atoms with van der Waals surface area (Å²) in [5.41, 5.74) is 0.948. The van der Waals surface area contributed by atoms with Crippen molar-refractivity contribution in [3.63, 3.8) is 0 Å². The molecule has 1 aromatic heterocycles. The summed E-state index contributed by atoms with van der Waals surface area (Å²) in [6.45, 7) is 3.52. The van der Waals surface area contributed by atoms with E-state index in [0.29, 0.717) is 5.76 Å². The molecular weight excluding hydrogens is 221 g/mol. The quantitative estimate of drug-likeness (QED) is 0.864. The average molecular weight is 233 g/mol. The molecule has 0 fully saturated rings. The minimum absolute atomic E-state index is 0.148. The molecular formula is C13H12FNO2. The number of hydrogen-bond acceptors (Lipinski definition) is 2. The summed E-state index contributed by atoms with van der Waals surface area (Å²) in [5, 5.41) is 2.46. The van der Waals surface area contributed by atoms with Crippen LogP contribution < -0.4 is 5.32 Å². The number of hydrogen-bond donors (Lipinski definition) is 1. The number of furan rings is 1. The van der Waals surface area contributed by atoms with Gasteiger partial charge in [0.1, 0.15) is 11.6 Å². The second-order valence-corrected chi connectivity index (χ2v) is 3.85. The first-order chi connectivity index (χ1) is 8.06. The van der Waals surface area contributed by atoms with E-state index in [1.807, 2.05) is 0 Å². The van der Waals surface area contributed by atoms with Crippen molar-refractivity contribution in [2.45, 2.75) is 13.8 Å². The maximum atomic E-state index is 13.5. The third kappa shape index (κ3) is 2.53. The first-order valence-corrected chi connectivity index (χ1v) is 5.20. The molecule has 2 aromatic rings. The third-order valence-electron chi connectivity index (χ3n) is 2.34. The van der Waals surface area contributed by atoms with Gasteiger partial charge in [-0.1, -0.05) is 6.07 Å². The Morgan fingerprint density at radius 1 is 1.24 bits per heavy atom. The minimum Gasteiger partial charge on any atom is -0.456 e. The van der Waals surface area contributed by atoms with Crippen LogP contribution in [0.3, 0.4) is 0 Å². The summed E-state index contributed by atoms with van der Waals surface area (Å²) in [4.78, 5) is 11.7. The van der Waals surface area contributed by atoms with Gasteiger partial charge in [0.25, 0.3) is 5.91 Å². The van der Waals surface area contributed by atoms with Crippen LogP contribution >= 0.6 is 0 Å². The predicted molar refractivity (Wildman–Crippen MR) is 62.5 cm³/mol. The molecule has 4 heteroatoms. The van der Waals surface area contributed by atoms with Crippen molar-refractivity contribution in [1.29, 1.82) is 0 Å². The van der Waals surface area contributed by atoms with E-state index in [0.717, 1.165) is 5.56 Å². The summed E-state index contributed by atoms with van der Waals surface area (Å²) >= 11 is 0. The van der Waals surface area contributed by atoms with Crippen molar-refractivity contribution in [2.24, 2.45) is 0 Å². The predicted octanol–water partition coefficient (Wildman–Crippen LogP) is 3.29. The summed E-state index contributed by atoms with van der Waals surface area (Å²) in [6, 6.07) is 7.85. The van der Waals surface area contributed by atoms with E-state index < -0.39 is 11.7 Å². The second kappa shape index (κ2) is 4.41. The number of amides is 1. The normalized spacial score (nSPS) is 10.3. The Kier molecular flexibility index (Phi) is 2.95. The van der Waals surface area contributed by atoms with Crippen molar-refractivity contribution in [2.75, 3.05) is 5.32 Å². The second-order valence-electron chi connectivity index (χ2n) is 3.85. The highest BCUT2D eigenvalue weighted by Gasteiger charge is 2.12. The van der Waals surface area contributed by atoms with Gasteiger partial charge in [0.05, 0.1) is 5.69 Å². The molecule has 17 heavy (non-hydrogen) atoms. The standard InChI is InChI=1S/C13H12FNO2/c1-8-3-5-11(10(14)7-8)15-13(16)12-6-4-9(2)17-12/h3-7H,1-2H3,(H,15,16). The van der Waals surface area contributed by atoms with Gasteiger partial charge in [-0.3, -0.25) is 4.79 Å². The Morgan fingerprint density at radius 2 is 2.00 bits per heavy atom. The Hall–Kier alpha value is -2.10. The van der Waals surface area contributed by atoms with E-state index in [2.05, 4.69) is 5.32 Å². The van der Waals surface area contributed by atoms with Gasteiger partial charge in [-0.2, -0.15) is 0 Å². The smallest absolute Gasteiger partial charge is 0.291 e. The third-order valence-corrected chi connectivity index (χ3v) is 2.34. The largest absolute Gasteiger partial charge is 0.456 e. The fourth-order valence-electron chi connectivity index (χ4n) is 1.46. The molecule has 1 N–H and O–H groups in total. The van der Waals surface area contributed by atoms with E-state index in [1.54, 1.807) is 32.0 Å². The number of aryl methyl sites for hydroxylation is 2. The molecule has 0 radical (unpaired) electrons. The van der Waals surface area contributed by atoms with Gasteiger partial charge in [-0.05, 0) is 43.7 Å². The molecule has 0 aliphatic heterocycles. The summed E-state index contributed by atoms with van der Waals surface area (Å²) < 4.78 is 18.6. The van der Waals surface area contributed by atoms with Crippen molar-refractivity contribution in [3.8, 4) is 0 Å². The van der Waals surface area contributed by atoms with Crippen LogP contribution in [0.2, 0.25) is 0 Å². The molecule has 0 aliphatic rings. The molecule has 1 amide bonds. The fourth-order valence-corrected chi connectivity index (χ4v) is 1.46. The molecule has 0 saturated carbocycles. The van der Waals surface area contributed by atoms with E-state index in [9.17, 15) is 9.18 Å². The molecule has 1 heterocycles. The zero-order valence-corrected chi connectivity index (χ0v) is 9.58. The maximum absolute atomic E-state index is 13.5. The summed E-state index contributed by atoms with van der Waals surface area (Å²) in [6.07, 6.45) is 0. The molecule has 1 aromatic carbocycles. The highest BCUT2D eigenvalue weighted by Crippen LogP contribution is 2.17. The molecule has 0 bridgehead atoms. The Labute approximate surface area is 98.3 Å². The van der Waals surface area contributed by atoms with Crippen molar-refractivity contribution in [3.05, 3.63) is 53.2 Å². The zero-order chi connectivity index (χ0) is 12.4. The summed E-state index contributed by atoms with van der Waals surface area (Å²) in [5.74, 6) is -0.107. The SMILES string of the molecule is Cc1ccc(NC(=O)c2ccc(C)o2)c(F)c1. The van der Waals surface area contributed by atoms with E-state index in [1.165, 1.54) is 12.1 Å². The Morgan fingerprint density at radius 3 is 2.59 bits per heavy atom. The zero-order valence-electron chi connectivity index (χ0n) is 9.58. The number of halogens is 1. The van der Waals surface area contributed by atoms with Gasteiger partial charge >= 0.3 is 0 Å². The number of benzene rings is 1. The Balaban J connectivity index is 2.18. The lowest BCUT2D eigenvalue weighted by Gasteiger charge is -2.05. The first-order valence-electron chi connectivity index (χ1n) is 5.20. The van der Waals surface area contributed by atoms with Crippen molar-refractivity contribution >= 4 is 11.6 Å². The summed E-state index contributed by atoms with van der Waals surface area (Å²) in [7, 11) is 0. The number of carbonyl (C=O) groups excluding carboxylic acids is 1. The number of rotatable bonds is 2. The first kappa shape index (κ1) is 11.4. The monoisotopic (exact) mass is 233 g/mol.